The molecule has 0 saturated carbocycles. The molecule has 0 aliphatic heterocycles. The summed E-state index contributed by atoms with van der Waals surface area (Å²) in [6, 6.07) is 5.14. The first-order valence-corrected chi connectivity index (χ1v) is 14.1. The number of halogens is 1. The van der Waals surface area contributed by atoms with Gasteiger partial charge in [0.25, 0.3) is 10.2 Å². The Balaban J connectivity index is 2.04. The lowest BCUT2D eigenvalue weighted by Gasteiger charge is -2.32. The molecule has 1 heterocycles. The third kappa shape index (κ3) is 7.10. The van der Waals surface area contributed by atoms with E-state index in [1.807, 2.05) is 42.8 Å². The molecule has 2 unspecified atom stereocenters. The number of aromatic nitrogens is 2. The van der Waals surface area contributed by atoms with Crippen LogP contribution in [0.1, 0.15) is 42.2 Å². The third-order valence-electron chi connectivity index (χ3n) is 6.55. The molecule has 2 N–H and O–H groups in total. The van der Waals surface area contributed by atoms with E-state index in [9.17, 15) is 13.2 Å². The number of hydrogen-bond donors (Lipinski definition) is 2. The van der Waals surface area contributed by atoms with Crippen LogP contribution in [0.2, 0.25) is 5.02 Å². The second-order valence-corrected chi connectivity index (χ2v) is 11.8. The van der Waals surface area contributed by atoms with E-state index >= 15 is 0 Å². The van der Waals surface area contributed by atoms with Gasteiger partial charge >= 0.3 is 0 Å². The summed E-state index contributed by atoms with van der Waals surface area (Å²) in [7, 11) is 2.80. The first-order chi connectivity index (χ1) is 18.0. The number of nitrogens with zero attached hydrogens (tertiary/aromatic N) is 4. The van der Waals surface area contributed by atoms with Gasteiger partial charge in [0.1, 0.15) is 6.61 Å². The van der Waals surface area contributed by atoms with Gasteiger partial charge in [-0.3, -0.25) is 9.69 Å². The first kappa shape index (κ1) is 30.0. The van der Waals surface area contributed by atoms with Gasteiger partial charge in [0.05, 0.1) is 24.3 Å². The summed E-state index contributed by atoms with van der Waals surface area (Å²) in [5.41, 5.74) is 4.41. The Morgan fingerprint density at radius 3 is 2.71 bits per heavy atom. The van der Waals surface area contributed by atoms with Crippen molar-refractivity contribution in [2.45, 2.75) is 25.4 Å². The molecule has 1 aromatic heterocycles. The van der Waals surface area contributed by atoms with Gasteiger partial charge in [0, 0.05) is 52.4 Å². The van der Waals surface area contributed by atoms with Crippen LogP contribution < -0.4 is 10.0 Å². The maximum Gasteiger partial charge on any atom is 0.278 e. The number of methoxy groups -OCH3 is 1. The number of amides is 1. The summed E-state index contributed by atoms with van der Waals surface area (Å²) in [4.78, 5) is 19.2. The Morgan fingerprint density at radius 2 is 2.11 bits per heavy atom. The zero-order valence-electron chi connectivity index (χ0n) is 22.6. The molecule has 38 heavy (non-hydrogen) atoms. The number of rotatable bonds is 12. The number of ether oxygens (including phenoxy) is 1. The summed E-state index contributed by atoms with van der Waals surface area (Å²) in [6.45, 7) is 7.73. The number of carbonyl (C=O) groups is 1. The van der Waals surface area contributed by atoms with Gasteiger partial charge in [-0.05, 0) is 41.8 Å². The zero-order chi connectivity index (χ0) is 28.0. The number of hydrogen-bond acceptors (Lipinski definition) is 6. The van der Waals surface area contributed by atoms with E-state index in [2.05, 4.69) is 26.5 Å². The second kappa shape index (κ2) is 13.0. The fourth-order valence-corrected chi connectivity index (χ4v) is 5.40. The molecule has 2 aromatic rings. The second-order valence-electron chi connectivity index (χ2n) is 9.38. The molecule has 0 bridgehead atoms. The van der Waals surface area contributed by atoms with E-state index in [1.54, 1.807) is 12.5 Å². The van der Waals surface area contributed by atoms with Crippen LogP contribution in [0.4, 0.5) is 0 Å². The summed E-state index contributed by atoms with van der Waals surface area (Å²) in [6.07, 6.45) is 6.04. The molecule has 12 heteroatoms. The average Bonchev–Trinajstić information content (AvgIpc) is 3.22. The van der Waals surface area contributed by atoms with Crippen molar-refractivity contribution >= 4 is 33.3 Å². The van der Waals surface area contributed by atoms with Gasteiger partial charge in [-0.15, -0.1) is 0 Å². The van der Waals surface area contributed by atoms with Crippen molar-refractivity contribution in [3.63, 3.8) is 0 Å². The number of benzene rings is 1. The maximum absolute atomic E-state index is 12.7. The largest absolute Gasteiger partial charge is 0.375 e. The van der Waals surface area contributed by atoms with Gasteiger partial charge in [0.2, 0.25) is 5.91 Å². The Kier molecular flexibility index (Phi) is 10.3. The molecular formula is C26H37ClN6O4S. The smallest absolute Gasteiger partial charge is 0.278 e. The number of carbonyl (C=O) groups excluding carboxylic acids is 1. The molecule has 1 aliphatic rings. The minimum atomic E-state index is -3.53. The number of fused-ring (bicyclic) bond motifs is 1. The molecule has 1 amide bonds. The van der Waals surface area contributed by atoms with Crippen LogP contribution in [0.25, 0.3) is 5.57 Å². The molecular weight excluding hydrogens is 528 g/mol. The van der Waals surface area contributed by atoms with Crippen LogP contribution in [0.5, 0.6) is 0 Å². The third-order valence-corrected chi connectivity index (χ3v) is 8.32. The van der Waals surface area contributed by atoms with Gasteiger partial charge < -0.3 is 14.6 Å². The van der Waals surface area contributed by atoms with Gasteiger partial charge in [0.15, 0.2) is 0 Å². The van der Waals surface area contributed by atoms with Crippen LogP contribution in [-0.2, 0) is 26.8 Å². The summed E-state index contributed by atoms with van der Waals surface area (Å²) in [5.74, 6) is -0.266. The van der Waals surface area contributed by atoms with E-state index in [0.717, 1.165) is 32.3 Å². The van der Waals surface area contributed by atoms with Crippen LogP contribution in [0.3, 0.4) is 0 Å². The van der Waals surface area contributed by atoms with Crippen molar-refractivity contribution in [2.24, 2.45) is 7.05 Å². The Morgan fingerprint density at radius 1 is 1.37 bits per heavy atom. The van der Waals surface area contributed by atoms with E-state index in [4.69, 9.17) is 16.3 Å². The van der Waals surface area contributed by atoms with Crippen LogP contribution in [0, 0.1) is 0 Å². The highest BCUT2D eigenvalue weighted by atomic mass is 35.5. The number of imidazole rings is 1. The highest BCUT2D eigenvalue weighted by Crippen LogP contribution is 2.42. The maximum atomic E-state index is 12.7. The summed E-state index contributed by atoms with van der Waals surface area (Å²) >= 11 is 6.50. The Hall–Kier alpha value is -2.54. The lowest BCUT2D eigenvalue weighted by molar-refractivity contribution is -0.125. The lowest BCUT2D eigenvalue weighted by atomic mass is 9.90. The topological polar surface area (TPSA) is 109 Å². The number of likely N-dealkylation sites (N-methyl/N-ethyl adjacent to an activating group) is 1. The molecule has 3 rings (SSSR count). The van der Waals surface area contributed by atoms with Crippen LogP contribution >= 0.6 is 11.6 Å². The summed E-state index contributed by atoms with van der Waals surface area (Å²) < 4.78 is 35.2. The molecule has 0 radical (unpaired) electrons. The molecule has 2 atom stereocenters. The van der Waals surface area contributed by atoms with Crippen molar-refractivity contribution < 1.29 is 17.9 Å². The van der Waals surface area contributed by atoms with E-state index in [-0.39, 0.29) is 25.1 Å². The average molecular weight is 565 g/mol. The molecule has 0 saturated heterocycles. The highest BCUT2D eigenvalue weighted by Gasteiger charge is 2.31. The fraction of sp³-hybridized carbons (Fsp3) is 0.462. The van der Waals surface area contributed by atoms with E-state index < -0.39 is 16.3 Å². The fourth-order valence-electron chi connectivity index (χ4n) is 4.62. The lowest BCUT2D eigenvalue weighted by Crippen LogP contribution is -2.41. The SMILES string of the molecule is C=C1C=C(C(NC(=O)COC)c2cncn2C)c2cc(Cl)ccc2C(N(CC)CCNS(=O)(=O)N(C)C)C1. The minimum absolute atomic E-state index is 0.0833. The predicted molar refractivity (Wildman–Crippen MR) is 150 cm³/mol. The first-order valence-electron chi connectivity index (χ1n) is 12.3. The van der Waals surface area contributed by atoms with Crippen LogP contribution in [-0.4, -0.2) is 80.5 Å². The molecule has 10 nitrogen and oxygen atoms in total. The Bertz CT molecular complexity index is 1290. The van der Waals surface area contributed by atoms with Gasteiger partial charge in [-0.25, -0.2) is 9.71 Å². The Labute approximate surface area is 230 Å². The minimum Gasteiger partial charge on any atom is -0.375 e. The van der Waals surface area contributed by atoms with Gasteiger partial charge in [-0.1, -0.05) is 42.8 Å². The monoisotopic (exact) mass is 564 g/mol. The molecule has 1 aliphatic carbocycles. The van der Waals surface area contributed by atoms with Crippen LogP contribution in [0.15, 0.2) is 49.0 Å². The quantitative estimate of drug-likeness (QED) is 0.410. The standard InChI is InChI=1S/C26H37ClN6O4S/c1-7-33(11-10-29-38(35,36)31(3)4)23-13-18(2)12-22(21-14-19(27)8-9-20(21)23)26(30-25(34)16-37-6)24-15-28-17-32(24)5/h8-9,12,14-15,17,23,26,29H,2,7,10-11,13,16H2,1,3-6H3,(H,30,34). The normalized spacial score (nSPS) is 16.8. The number of aryl methyl sites for hydroxylation is 1. The van der Waals surface area contributed by atoms with Crippen molar-refractivity contribution in [3.05, 3.63) is 70.8 Å². The molecule has 0 fully saturated rings. The molecule has 0 spiro atoms. The van der Waals surface area contributed by atoms with E-state index in [1.165, 1.54) is 21.2 Å². The summed E-state index contributed by atoms with van der Waals surface area (Å²) in [5, 5.41) is 3.65. The van der Waals surface area contributed by atoms with Gasteiger partial charge in [-0.2, -0.15) is 12.7 Å². The van der Waals surface area contributed by atoms with Crippen molar-refractivity contribution in [1.29, 1.82) is 0 Å². The highest BCUT2D eigenvalue weighted by molar-refractivity contribution is 7.87. The number of allylic oxidation sites excluding steroid dienone is 1. The number of nitrogens with one attached hydrogen (secondary N) is 2. The van der Waals surface area contributed by atoms with Crippen molar-refractivity contribution in [1.82, 2.24) is 28.8 Å². The molecule has 208 valence electrons. The predicted octanol–water partition coefficient (Wildman–Crippen LogP) is 2.68. The van der Waals surface area contributed by atoms with E-state index in [0.29, 0.717) is 24.5 Å². The zero-order valence-corrected chi connectivity index (χ0v) is 24.1. The van der Waals surface area contributed by atoms with Crippen molar-refractivity contribution in [3.8, 4) is 0 Å². The van der Waals surface area contributed by atoms with Crippen molar-refractivity contribution in [2.75, 3.05) is 47.4 Å². The molecule has 1 aromatic carbocycles.